The molecule has 40 valence electrons. The van der Waals surface area contributed by atoms with Gasteiger partial charge in [0, 0.05) is 0 Å². The topological polar surface area (TPSA) is 80.3 Å². The first kappa shape index (κ1) is 23.3. The van der Waals surface area contributed by atoms with E-state index in [1.165, 1.54) is 0 Å². The fraction of sp³-hybridized carbons (Fsp3) is 0. The molecular formula is CLi2NiO4. The Morgan fingerprint density at radius 1 is 1.12 bits per heavy atom. The maximum atomic E-state index is 8.33. The maximum absolute atomic E-state index is 8.33. The van der Waals surface area contributed by atoms with Gasteiger partial charge in [0.1, 0.15) is 0 Å². The van der Waals surface area contributed by atoms with Gasteiger partial charge in [-0.3, -0.25) is 0 Å². The van der Waals surface area contributed by atoms with Crippen LogP contribution in [0.3, 0.4) is 0 Å². The molecule has 0 bridgehead atoms. The molecular weight excluding hydrogens is 149 g/mol. The second-order valence-electron chi connectivity index (χ2n) is 0.250. The standard InChI is InChI=1S/CH2O3.2Li.Ni.O/c2-1(3)4;;;;/h(H2,2,3,4);;;;/q;2*+1;;/p-2. The molecule has 0 aromatic carbocycles. The van der Waals surface area contributed by atoms with Crippen LogP contribution >= 0.6 is 0 Å². The monoisotopic (exact) mass is 148 g/mol. The van der Waals surface area contributed by atoms with Crippen molar-refractivity contribution in [2.45, 2.75) is 0 Å². The first-order valence-corrected chi connectivity index (χ1v) is 1.14. The zero-order valence-electron chi connectivity index (χ0n) is 4.45. The minimum absolute atomic E-state index is 0. The Hall–Kier alpha value is 0.758. The SMILES string of the molecule is O=C([O-])[O-].[Li+].[Li+].[O]=[Ni]. The van der Waals surface area contributed by atoms with Gasteiger partial charge in [-0.1, -0.05) is 0 Å². The van der Waals surface area contributed by atoms with Crippen molar-refractivity contribution >= 4 is 6.16 Å². The van der Waals surface area contributed by atoms with Crippen LogP contribution in [0.5, 0.6) is 0 Å². The van der Waals surface area contributed by atoms with Crippen molar-refractivity contribution in [2.75, 3.05) is 0 Å². The summed E-state index contributed by atoms with van der Waals surface area (Å²) in [6, 6.07) is 0. The van der Waals surface area contributed by atoms with Gasteiger partial charge in [0.05, 0.1) is 0 Å². The van der Waals surface area contributed by atoms with E-state index in [1.54, 1.807) is 0 Å². The first-order valence-electron chi connectivity index (χ1n) is 0.741. The van der Waals surface area contributed by atoms with Crippen molar-refractivity contribution in [3.63, 3.8) is 0 Å². The van der Waals surface area contributed by atoms with Gasteiger partial charge < -0.3 is 15.0 Å². The van der Waals surface area contributed by atoms with Crippen LogP contribution in [0.15, 0.2) is 0 Å². The van der Waals surface area contributed by atoms with Crippen LogP contribution in [0, 0.1) is 0 Å². The van der Waals surface area contributed by atoms with Crippen molar-refractivity contribution in [3.8, 4) is 0 Å². The van der Waals surface area contributed by atoms with Gasteiger partial charge in [0.15, 0.2) is 0 Å². The number of rotatable bonds is 0. The van der Waals surface area contributed by atoms with E-state index in [1.807, 2.05) is 0 Å². The van der Waals surface area contributed by atoms with E-state index in [9.17, 15) is 0 Å². The molecule has 4 nitrogen and oxygen atoms in total. The summed E-state index contributed by atoms with van der Waals surface area (Å²) in [5.41, 5.74) is 0. The molecule has 8 heavy (non-hydrogen) atoms. The Balaban J connectivity index is -0.0000000183. The Bertz CT molecular complexity index is 45.3. The van der Waals surface area contributed by atoms with Crippen molar-refractivity contribution < 1.29 is 72.0 Å². The molecule has 0 saturated carbocycles. The second kappa shape index (κ2) is 25.1. The van der Waals surface area contributed by atoms with E-state index >= 15 is 0 Å². The van der Waals surface area contributed by atoms with Gasteiger partial charge in [-0.05, 0) is 6.16 Å². The van der Waals surface area contributed by atoms with Crippen LogP contribution in [0.1, 0.15) is 0 Å². The molecule has 0 aliphatic heterocycles. The zero-order chi connectivity index (χ0) is 5.58. The summed E-state index contributed by atoms with van der Waals surface area (Å²) in [6.07, 6.45) is -2.33. The first-order chi connectivity index (χ1) is 2.73. The molecule has 0 spiro atoms. The minimum atomic E-state index is -2.33. The van der Waals surface area contributed by atoms with Crippen LogP contribution in [0.25, 0.3) is 0 Å². The van der Waals surface area contributed by atoms with E-state index in [2.05, 4.69) is 15.4 Å². The Morgan fingerprint density at radius 3 is 1.12 bits per heavy atom. The van der Waals surface area contributed by atoms with E-state index in [0.717, 1.165) is 0 Å². The molecule has 0 aromatic heterocycles. The molecule has 0 unspecified atom stereocenters. The fourth-order valence-corrected chi connectivity index (χ4v) is 0. The Kier molecular flexibility index (Phi) is 73.0. The van der Waals surface area contributed by atoms with Crippen LogP contribution < -0.4 is 47.9 Å². The Morgan fingerprint density at radius 2 is 1.12 bits per heavy atom. The van der Waals surface area contributed by atoms with Crippen LogP contribution in [-0.4, -0.2) is 6.16 Å². The van der Waals surface area contributed by atoms with Gasteiger partial charge in [-0.25, -0.2) is 0 Å². The van der Waals surface area contributed by atoms with Gasteiger partial charge in [-0.15, -0.1) is 0 Å². The van der Waals surface area contributed by atoms with E-state index in [-0.39, 0.29) is 37.7 Å². The molecule has 0 aliphatic rings. The predicted octanol–water partition coefficient (Wildman–Crippen LogP) is -8.56. The zero-order valence-corrected chi connectivity index (χ0v) is 5.44. The normalized spacial score (nSPS) is 3.75. The number of carboxylic acid groups (broad SMARTS) is 2. The molecule has 0 heterocycles. The predicted molar refractivity (Wildman–Crippen MR) is 6.08 cm³/mol. The summed E-state index contributed by atoms with van der Waals surface area (Å²) in [7, 11) is 0. The summed E-state index contributed by atoms with van der Waals surface area (Å²) >= 11 is 2.62. The summed E-state index contributed by atoms with van der Waals surface area (Å²) in [5.74, 6) is 0. The van der Waals surface area contributed by atoms with Gasteiger partial charge in [0.25, 0.3) is 0 Å². The third kappa shape index (κ3) is 390. The number of hydrogen-bond donors (Lipinski definition) is 0. The molecule has 0 radical (unpaired) electrons. The molecule has 0 fully saturated rings. The molecule has 7 heteroatoms. The third-order valence-electron chi connectivity index (χ3n) is 0. The third-order valence-corrected chi connectivity index (χ3v) is 0. The average Bonchev–Trinajstić information content (AvgIpc) is 1.41. The van der Waals surface area contributed by atoms with Crippen molar-refractivity contribution in [1.29, 1.82) is 0 Å². The molecule has 0 rings (SSSR count). The quantitative estimate of drug-likeness (QED) is 0.320. The average molecular weight is 149 g/mol. The fourth-order valence-electron chi connectivity index (χ4n) is 0. The van der Waals surface area contributed by atoms with Gasteiger partial charge in [-0.2, -0.15) is 0 Å². The van der Waals surface area contributed by atoms with Crippen molar-refractivity contribution in [2.24, 2.45) is 0 Å². The van der Waals surface area contributed by atoms with Crippen LogP contribution in [0.2, 0.25) is 0 Å². The van der Waals surface area contributed by atoms with Crippen molar-refractivity contribution in [1.82, 2.24) is 0 Å². The molecule has 0 saturated heterocycles. The van der Waals surface area contributed by atoms with Crippen LogP contribution in [0.4, 0.5) is 4.79 Å². The molecule has 0 aromatic rings. The summed E-state index contributed by atoms with van der Waals surface area (Å²) in [5, 5.41) is 16.7. The van der Waals surface area contributed by atoms with Crippen molar-refractivity contribution in [3.05, 3.63) is 0 Å². The van der Waals surface area contributed by atoms with E-state index < -0.39 is 6.16 Å². The second-order valence-corrected chi connectivity index (χ2v) is 0.250. The van der Waals surface area contributed by atoms with E-state index in [4.69, 9.17) is 18.9 Å². The molecule has 0 amide bonds. The number of carbonyl (C=O) groups excluding carboxylic acids is 1. The summed E-state index contributed by atoms with van der Waals surface area (Å²) in [4.78, 5) is 8.33. The summed E-state index contributed by atoms with van der Waals surface area (Å²) < 4.78 is 7.88. The summed E-state index contributed by atoms with van der Waals surface area (Å²) in [6.45, 7) is 0. The number of carbonyl (C=O) groups is 1. The van der Waals surface area contributed by atoms with E-state index in [0.29, 0.717) is 0 Å². The molecule has 0 atom stereocenters. The molecule has 0 N–H and O–H groups in total. The molecule has 0 aliphatic carbocycles. The van der Waals surface area contributed by atoms with Gasteiger partial charge in [0.2, 0.25) is 0 Å². The number of hydrogen-bond acceptors (Lipinski definition) is 4. The van der Waals surface area contributed by atoms with Gasteiger partial charge >= 0.3 is 57.0 Å². The Labute approximate surface area is 77.9 Å². The van der Waals surface area contributed by atoms with Crippen LogP contribution in [-0.2, 0) is 19.3 Å².